The van der Waals surface area contributed by atoms with Gasteiger partial charge in [0, 0.05) is 20.0 Å². The summed E-state index contributed by atoms with van der Waals surface area (Å²) in [7, 11) is 1.95. The molecular formula is C13H21N3O2. The number of aryl methyl sites for hydroxylation is 2. The highest BCUT2D eigenvalue weighted by Gasteiger charge is 2.27. The van der Waals surface area contributed by atoms with Crippen molar-refractivity contribution in [2.24, 2.45) is 5.92 Å². The molecule has 0 aromatic carbocycles. The third-order valence-electron chi connectivity index (χ3n) is 3.40. The van der Waals surface area contributed by atoms with E-state index in [4.69, 9.17) is 4.42 Å². The third kappa shape index (κ3) is 2.72. The number of rotatable bonds is 3. The van der Waals surface area contributed by atoms with Gasteiger partial charge in [0.15, 0.2) is 5.89 Å². The molecule has 1 atom stereocenters. The summed E-state index contributed by atoms with van der Waals surface area (Å²) in [6.07, 6.45) is 2.24. The topological polar surface area (TPSA) is 58.4 Å². The molecule has 1 saturated heterocycles. The molecular weight excluding hydrogens is 230 g/mol. The summed E-state index contributed by atoms with van der Waals surface area (Å²) in [5.41, 5.74) is 0.688. The van der Waals surface area contributed by atoms with Crippen molar-refractivity contribution < 1.29 is 9.21 Å². The Morgan fingerprint density at radius 3 is 2.94 bits per heavy atom. The summed E-state index contributed by atoms with van der Waals surface area (Å²) in [6.45, 7) is 6.16. The Labute approximate surface area is 108 Å². The molecule has 2 heterocycles. The fourth-order valence-corrected chi connectivity index (χ4v) is 2.58. The number of hydrogen-bond acceptors (Lipinski definition) is 4. The Kier molecular flexibility index (Phi) is 4.01. The molecule has 18 heavy (non-hydrogen) atoms. The van der Waals surface area contributed by atoms with Gasteiger partial charge in [-0.1, -0.05) is 0 Å². The molecule has 100 valence electrons. The molecule has 1 unspecified atom stereocenters. The molecule has 1 aromatic heterocycles. The van der Waals surface area contributed by atoms with E-state index in [1.807, 2.05) is 18.9 Å². The lowest BCUT2D eigenvalue weighted by Crippen LogP contribution is -2.42. The molecule has 1 N–H and O–H groups in total. The van der Waals surface area contributed by atoms with Crippen LogP contribution in [0, 0.1) is 19.8 Å². The Balaban J connectivity index is 2.06. The second kappa shape index (κ2) is 5.52. The van der Waals surface area contributed by atoms with Crippen molar-refractivity contribution in [3.05, 3.63) is 17.3 Å². The zero-order chi connectivity index (χ0) is 13.1. The number of hydrogen-bond donors (Lipinski definition) is 1. The van der Waals surface area contributed by atoms with E-state index in [1.54, 1.807) is 6.92 Å². The molecule has 2 rings (SSSR count). The van der Waals surface area contributed by atoms with Crippen LogP contribution in [0.2, 0.25) is 0 Å². The first-order valence-corrected chi connectivity index (χ1v) is 6.49. The molecule has 5 nitrogen and oxygen atoms in total. The maximum atomic E-state index is 12.4. The van der Waals surface area contributed by atoms with Crippen molar-refractivity contribution in [1.82, 2.24) is 15.2 Å². The van der Waals surface area contributed by atoms with Crippen molar-refractivity contribution >= 4 is 5.91 Å². The molecule has 0 spiro atoms. The first-order valence-electron chi connectivity index (χ1n) is 6.49. The minimum absolute atomic E-state index is 0.0195. The predicted octanol–water partition coefficient (Wildman–Crippen LogP) is 1.36. The molecule has 0 aliphatic carbocycles. The average molecular weight is 251 g/mol. The van der Waals surface area contributed by atoms with Crippen LogP contribution in [-0.4, -0.2) is 42.5 Å². The first-order chi connectivity index (χ1) is 8.61. The van der Waals surface area contributed by atoms with Gasteiger partial charge in [-0.25, -0.2) is 4.98 Å². The number of carbonyl (C=O) groups excluding carboxylic acids is 1. The lowest BCUT2D eigenvalue weighted by atomic mass is 9.98. The number of oxazole rings is 1. The van der Waals surface area contributed by atoms with Crippen molar-refractivity contribution in [3.63, 3.8) is 0 Å². The molecule has 5 heteroatoms. The van der Waals surface area contributed by atoms with E-state index < -0.39 is 0 Å². The summed E-state index contributed by atoms with van der Waals surface area (Å²) >= 11 is 0. The van der Waals surface area contributed by atoms with Gasteiger partial charge in [0.1, 0.15) is 0 Å². The van der Waals surface area contributed by atoms with Crippen LogP contribution in [0.25, 0.3) is 0 Å². The van der Waals surface area contributed by atoms with Gasteiger partial charge in [-0.05, 0) is 39.3 Å². The molecule has 1 aromatic rings. The van der Waals surface area contributed by atoms with Crippen molar-refractivity contribution in [2.75, 3.05) is 26.7 Å². The Bertz CT molecular complexity index is 426. The van der Waals surface area contributed by atoms with E-state index in [1.165, 1.54) is 6.42 Å². The van der Waals surface area contributed by atoms with Gasteiger partial charge < -0.3 is 14.6 Å². The van der Waals surface area contributed by atoms with Crippen LogP contribution in [0.3, 0.4) is 0 Å². The molecule has 0 bridgehead atoms. The third-order valence-corrected chi connectivity index (χ3v) is 3.40. The zero-order valence-electron chi connectivity index (χ0n) is 11.3. The largest absolute Gasteiger partial charge is 0.436 e. The van der Waals surface area contributed by atoms with E-state index in [0.717, 1.165) is 26.1 Å². The second-order valence-electron chi connectivity index (χ2n) is 4.96. The number of likely N-dealkylation sites (tertiary alicyclic amines) is 1. The molecule has 1 aliphatic heterocycles. The smallest absolute Gasteiger partial charge is 0.291 e. The highest BCUT2D eigenvalue weighted by atomic mass is 16.4. The number of nitrogens with zero attached hydrogens (tertiary/aromatic N) is 2. The number of carbonyl (C=O) groups is 1. The minimum Gasteiger partial charge on any atom is -0.436 e. The van der Waals surface area contributed by atoms with Crippen LogP contribution >= 0.6 is 0 Å². The lowest BCUT2D eigenvalue weighted by Gasteiger charge is -2.32. The zero-order valence-corrected chi connectivity index (χ0v) is 11.3. The fraction of sp³-hybridized carbons (Fsp3) is 0.692. The molecule has 0 radical (unpaired) electrons. The number of amides is 1. The number of aromatic nitrogens is 1. The van der Waals surface area contributed by atoms with E-state index >= 15 is 0 Å². The van der Waals surface area contributed by atoms with E-state index in [0.29, 0.717) is 23.3 Å². The molecule has 1 fully saturated rings. The van der Waals surface area contributed by atoms with Gasteiger partial charge in [-0.2, -0.15) is 0 Å². The van der Waals surface area contributed by atoms with Gasteiger partial charge in [0.2, 0.25) is 5.76 Å². The number of piperidine rings is 1. The maximum absolute atomic E-state index is 12.4. The highest BCUT2D eigenvalue weighted by Crippen LogP contribution is 2.19. The van der Waals surface area contributed by atoms with Crippen LogP contribution in [0.5, 0.6) is 0 Å². The maximum Gasteiger partial charge on any atom is 0.291 e. The van der Waals surface area contributed by atoms with Crippen LogP contribution in [0.1, 0.15) is 35.0 Å². The predicted molar refractivity (Wildman–Crippen MR) is 68.5 cm³/mol. The summed E-state index contributed by atoms with van der Waals surface area (Å²) in [6, 6.07) is 0. The second-order valence-corrected chi connectivity index (χ2v) is 4.96. The summed E-state index contributed by atoms with van der Waals surface area (Å²) in [5, 5.41) is 3.18. The summed E-state index contributed by atoms with van der Waals surface area (Å²) < 4.78 is 5.41. The van der Waals surface area contributed by atoms with E-state index in [9.17, 15) is 4.79 Å². The van der Waals surface area contributed by atoms with Gasteiger partial charge in [-0.3, -0.25) is 4.79 Å². The van der Waals surface area contributed by atoms with Gasteiger partial charge >= 0.3 is 0 Å². The van der Waals surface area contributed by atoms with Gasteiger partial charge in [0.25, 0.3) is 5.91 Å². The fourth-order valence-electron chi connectivity index (χ4n) is 2.58. The van der Waals surface area contributed by atoms with Crippen LogP contribution < -0.4 is 5.32 Å². The van der Waals surface area contributed by atoms with E-state index in [-0.39, 0.29) is 5.91 Å². The van der Waals surface area contributed by atoms with Crippen molar-refractivity contribution in [1.29, 1.82) is 0 Å². The molecule has 0 saturated carbocycles. The quantitative estimate of drug-likeness (QED) is 0.881. The van der Waals surface area contributed by atoms with Crippen LogP contribution in [-0.2, 0) is 0 Å². The summed E-state index contributed by atoms with van der Waals surface area (Å²) in [4.78, 5) is 18.4. The van der Waals surface area contributed by atoms with Crippen LogP contribution in [0.4, 0.5) is 0 Å². The van der Waals surface area contributed by atoms with Gasteiger partial charge in [-0.15, -0.1) is 0 Å². The normalized spacial score (nSPS) is 20.2. The van der Waals surface area contributed by atoms with Gasteiger partial charge in [0.05, 0.1) is 5.69 Å². The number of nitrogens with one attached hydrogen (secondary N) is 1. The Hall–Kier alpha value is -1.36. The lowest BCUT2D eigenvalue weighted by molar-refractivity contribution is 0.0640. The van der Waals surface area contributed by atoms with E-state index in [2.05, 4.69) is 10.3 Å². The molecule has 1 aliphatic rings. The minimum atomic E-state index is -0.0195. The highest BCUT2D eigenvalue weighted by molar-refractivity contribution is 5.92. The molecule has 1 amide bonds. The Morgan fingerprint density at radius 2 is 2.33 bits per heavy atom. The average Bonchev–Trinajstić information content (AvgIpc) is 2.68. The van der Waals surface area contributed by atoms with Crippen LogP contribution in [0.15, 0.2) is 4.42 Å². The van der Waals surface area contributed by atoms with Crippen molar-refractivity contribution in [3.8, 4) is 0 Å². The van der Waals surface area contributed by atoms with Crippen molar-refractivity contribution in [2.45, 2.75) is 26.7 Å². The first kappa shape index (κ1) is 13.1. The standard InChI is InChI=1S/C13H21N3O2/c1-9-12(18-10(2)15-9)13(17)16-6-4-5-11(8-16)7-14-3/h11,14H,4-8H2,1-3H3. The summed E-state index contributed by atoms with van der Waals surface area (Å²) in [5.74, 6) is 1.48. The Morgan fingerprint density at radius 1 is 1.56 bits per heavy atom. The SMILES string of the molecule is CNCC1CCCN(C(=O)c2oc(C)nc2C)C1. The monoisotopic (exact) mass is 251 g/mol.